The van der Waals surface area contributed by atoms with Gasteiger partial charge in [-0.05, 0) is 43.3 Å². The summed E-state index contributed by atoms with van der Waals surface area (Å²) in [6, 6.07) is 9.47. The predicted molar refractivity (Wildman–Crippen MR) is 92.0 cm³/mol. The third kappa shape index (κ3) is 4.08. The fraction of sp³-hybridized carbons (Fsp3) is 0.167. The zero-order chi connectivity index (χ0) is 19.6. The van der Waals surface area contributed by atoms with Gasteiger partial charge in [0.05, 0.1) is 18.4 Å². The summed E-state index contributed by atoms with van der Waals surface area (Å²) in [5.74, 6) is 0.0551. The highest BCUT2D eigenvalue weighted by molar-refractivity contribution is 6.03. The molecule has 0 fully saturated rings. The number of carbonyl (C=O) groups excluding carboxylic acids is 1. The molecule has 9 heteroatoms. The molecule has 140 valence electrons. The van der Waals surface area contributed by atoms with Crippen molar-refractivity contribution in [2.75, 3.05) is 12.4 Å². The van der Waals surface area contributed by atoms with Crippen LogP contribution in [0.1, 0.15) is 21.7 Å². The van der Waals surface area contributed by atoms with E-state index in [0.29, 0.717) is 11.4 Å². The van der Waals surface area contributed by atoms with Gasteiger partial charge in [-0.15, -0.1) is 0 Å². The molecule has 27 heavy (non-hydrogen) atoms. The van der Waals surface area contributed by atoms with E-state index in [1.165, 1.54) is 36.2 Å². The summed E-state index contributed by atoms with van der Waals surface area (Å²) < 4.78 is 44.9. The molecule has 0 saturated heterocycles. The van der Waals surface area contributed by atoms with Crippen LogP contribution in [-0.2, 0) is 6.18 Å². The van der Waals surface area contributed by atoms with Gasteiger partial charge in [-0.25, -0.2) is 9.67 Å². The number of aryl methyl sites for hydroxylation is 1. The number of nitrogens with zero attached hydrogens (tertiary/aromatic N) is 3. The second-order valence-corrected chi connectivity index (χ2v) is 5.65. The van der Waals surface area contributed by atoms with Crippen molar-refractivity contribution < 1.29 is 22.7 Å². The summed E-state index contributed by atoms with van der Waals surface area (Å²) in [6.45, 7) is 1.76. The Bertz CT molecular complexity index is 983. The van der Waals surface area contributed by atoms with Gasteiger partial charge in [0.1, 0.15) is 0 Å². The van der Waals surface area contributed by atoms with E-state index in [1.807, 2.05) is 0 Å². The Morgan fingerprint density at radius 2 is 1.96 bits per heavy atom. The van der Waals surface area contributed by atoms with Crippen LogP contribution < -0.4 is 10.1 Å². The minimum atomic E-state index is -4.46. The summed E-state index contributed by atoms with van der Waals surface area (Å²) in [5, 5.41) is 6.63. The second kappa shape index (κ2) is 7.10. The largest absolute Gasteiger partial charge is 0.493 e. The third-order valence-electron chi connectivity index (χ3n) is 3.71. The van der Waals surface area contributed by atoms with Crippen molar-refractivity contribution in [1.29, 1.82) is 0 Å². The summed E-state index contributed by atoms with van der Waals surface area (Å²) in [4.78, 5) is 16.6. The van der Waals surface area contributed by atoms with Crippen LogP contribution in [0.3, 0.4) is 0 Å². The summed E-state index contributed by atoms with van der Waals surface area (Å²) in [7, 11) is 1.45. The van der Waals surface area contributed by atoms with E-state index >= 15 is 0 Å². The number of anilines is 1. The van der Waals surface area contributed by atoms with Gasteiger partial charge in [0.25, 0.3) is 5.91 Å². The summed E-state index contributed by atoms with van der Waals surface area (Å²) >= 11 is 0. The fourth-order valence-electron chi connectivity index (χ4n) is 2.38. The van der Waals surface area contributed by atoms with Gasteiger partial charge in [0.15, 0.2) is 17.3 Å². The van der Waals surface area contributed by atoms with Gasteiger partial charge in [-0.3, -0.25) is 4.79 Å². The smallest absolute Gasteiger partial charge is 0.416 e. The van der Waals surface area contributed by atoms with E-state index in [9.17, 15) is 18.0 Å². The first-order valence-corrected chi connectivity index (χ1v) is 7.84. The molecule has 3 aromatic rings. The quantitative estimate of drug-likeness (QED) is 0.751. The minimum Gasteiger partial charge on any atom is -0.493 e. The lowest BCUT2D eigenvalue weighted by molar-refractivity contribution is -0.137. The van der Waals surface area contributed by atoms with Crippen LogP contribution in [0.2, 0.25) is 0 Å². The van der Waals surface area contributed by atoms with Crippen LogP contribution in [0.15, 0.2) is 48.7 Å². The van der Waals surface area contributed by atoms with Crippen molar-refractivity contribution in [1.82, 2.24) is 14.8 Å². The number of amides is 1. The fourth-order valence-corrected chi connectivity index (χ4v) is 2.38. The van der Waals surface area contributed by atoms with E-state index in [1.54, 1.807) is 19.1 Å². The molecular formula is C18H15F3N4O2. The Balaban J connectivity index is 1.84. The molecule has 0 radical (unpaired) electrons. The molecule has 1 amide bonds. The van der Waals surface area contributed by atoms with E-state index in [-0.39, 0.29) is 17.2 Å². The van der Waals surface area contributed by atoms with E-state index in [0.717, 1.165) is 12.1 Å². The van der Waals surface area contributed by atoms with Gasteiger partial charge in [0, 0.05) is 11.9 Å². The van der Waals surface area contributed by atoms with Gasteiger partial charge >= 0.3 is 6.18 Å². The van der Waals surface area contributed by atoms with Crippen LogP contribution in [0.5, 0.6) is 5.75 Å². The number of hydrogen-bond acceptors (Lipinski definition) is 4. The molecule has 0 atom stereocenters. The molecule has 0 bridgehead atoms. The number of carbonyl (C=O) groups is 1. The van der Waals surface area contributed by atoms with Crippen LogP contribution in [-0.4, -0.2) is 27.8 Å². The molecule has 1 N–H and O–H groups in total. The molecule has 0 aliphatic carbocycles. The van der Waals surface area contributed by atoms with Crippen LogP contribution in [0, 0.1) is 6.92 Å². The average molecular weight is 376 g/mol. The van der Waals surface area contributed by atoms with Crippen LogP contribution in [0.4, 0.5) is 19.0 Å². The Labute approximate surface area is 152 Å². The number of ether oxygens (including phenoxy) is 1. The Morgan fingerprint density at radius 1 is 1.19 bits per heavy atom. The van der Waals surface area contributed by atoms with E-state index in [2.05, 4.69) is 15.4 Å². The predicted octanol–water partition coefficient (Wildman–Crippen LogP) is 3.86. The minimum absolute atomic E-state index is 0.0257. The summed E-state index contributed by atoms with van der Waals surface area (Å²) in [6.07, 6.45) is -3.05. The maximum Gasteiger partial charge on any atom is 0.416 e. The Hall–Kier alpha value is -3.36. The van der Waals surface area contributed by atoms with Crippen LogP contribution in [0.25, 0.3) is 5.69 Å². The number of nitrogens with one attached hydrogen (secondary N) is 1. The maximum atomic E-state index is 12.9. The number of benzene rings is 1. The number of alkyl halides is 3. The SMILES string of the molecule is COc1ccc(C)nc1NC(=O)c1ccn(-c2cccc(C(F)(F)F)c2)n1. The van der Waals surface area contributed by atoms with Gasteiger partial charge in [-0.2, -0.15) is 18.3 Å². The summed E-state index contributed by atoms with van der Waals surface area (Å²) in [5.41, 5.74) is 0.101. The number of hydrogen-bond donors (Lipinski definition) is 1. The first-order valence-electron chi connectivity index (χ1n) is 7.84. The molecule has 0 spiro atoms. The Morgan fingerprint density at radius 3 is 2.67 bits per heavy atom. The molecule has 0 aliphatic rings. The maximum absolute atomic E-state index is 12.9. The molecule has 2 heterocycles. The monoisotopic (exact) mass is 376 g/mol. The number of pyridine rings is 1. The lowest BCUT2D eigenvalue weighted by Gasteiger charge is -2.09. The third-order valence-corrected chi connectivity index (χ3v) is 3.71. The van der Waals surface area contributed by atoms with Crippen molar-refractivity contribution in [2.24, 2.45) is 0 Å². The molecule has 0 unspecified atom stereocenters. The first-order chi connectivity index (χ1) is 12.8. The molecule has 2 aromatic heterocycles. The Kier molecular flexibility index (Phi) is 4.85. The zero-order valence-electron chi connectivity index (χ0n) is 14.4. The number of halogens is 3. The average Bonchev–Trinajstić information content (AvgIpc) is 3.12. The van der Waals surface area contributed by atoms with Crippen molar-refractivity contribution in [3.63, 3.8) is 0 Å². The second-order valence-electron chi connectivity index (χ2n) is 5.65. The highest BCUT2D eigenvalue weighted by Crippen LogP contribution is 2.30. The van der Waals surface area contributed by atoms with E-state index < -0.39 is 17.6 Å². The van der Waals surface area contributed by atoms with Crippen molar-refractivity contribution in [3.05, 3.63) is 65.6 Å². The molecule has 1 aromatic carbocycles. The number of methoxy groups -OCH3 is 1. The standard InChI is InChI=1S/C18H15F3N4O2/c1-11-6-7-15(27-2)16(22-11)23-17(26)14-8-9-25(24-14)13-5-3-4-12(10-13)18(19,20)21/h3-10H,1-2H3,(H,22,23,26). The lowest BCUT2D eigenvalue weighted by Crippen LogP contribution is -2.15. The number of aromatic nitrogens is 3. The normalized spacial score (nSPS) is 11.3. The zero-order valence-corrected chi connectivity index (χ0v) is 14.4. The topological polar surface area (TPSA) is 69.0 Å². The number of rotatable bonds is 4. The molecule has 3 rings (SSSR count). The van der Waals surface area contributed by atoms with E-state index in [4.69, 9.17) is 4.74 Å². The van der Waals surface area contributed by atoms with Crippen molar-refractivity contribution in [3.8, 4) is 11.4 Å². The molecule has 6 nitrogen and oxygen atoms in total. The van der Waals surface area contributed by atoms with Gasteiger partial charge < -0.3 is 10.1 Å². The molecule has 0 aliphatic heterocycles. The lowest BCUT2D eigenvalue weighted by atomic mass is 10.2. The highest BCUT2D eigenvalue weighted by atomic mass is 19.4. The molecule has 0 saturated carbocycles. The first kappa shape index (κ1) is 18.4. The van der Waals surface area contributed by atoms with Gasteiger partial charge in [-0.1, -0.05) is 6.07 Å². The van der Waals surface area contributed by atoms with Gasteiger partial charge in [0.2, 0.25) is 0 Å². The highest BCUT2D eigenvalue weighted by Gasteiger charge is 2.30. The van der Waals surface area contributed by atoms with Crippen molar-refractivity contribution in [2.45, 2.75) is 13.1 Å². The van der Waals surface area contributed by atoms with Crippen LogP contribution >= 0.6 is 0 Å². The van der Waals surface area contributed by atoms with Crippen molar-refractivity contribution >= 4 is 11.7 Å². The molecular weight excluding hydrogens is 361 g/mol.